The lowest BCUT2D eigenvalue weighted by Crippen LogP contribution is -2.31. The van der Waals surface area contributed by atoms with E-state index in [1.54, 1.807) is 6.26 Å². The molecule has 0 saturated heterocycles. The number of rotatable bonds is 8. The summed E-state index contributed by atoms with van der Waals surface area (Å²) in [6, 6.07) is 3.84. The molecule has 1 aromatic rings. The molecule has 1 heterocycles. The number of hydrogen-bond donors (Lipinski definition) is 2. The van der Waals surface area contributed by atoms with Crippen molar-refractivity contribution in [2.75, 3.05) is 32.8 Å². The van der Waals surface area contributed by atoms with E-state index in [-0.39, 0.29) is 13.2 Å². The lowest BCUT2D eigenvalue weighted by Gasteiger charge is -2.19. The Bertz CT molecular complexity index is 230. The molecule has 0 aromatic carbocycles. The summed E-state index contributed by atoms with van der Waals surface area (Å²) >= 11 is 0. The van der Waals surface area contributed by atoms with Crippen molar-refractivity contribution >= 4 is 0 Å². The first-order valence-corrected chi connectivity index (χ1v) is 5.33. The molecule has 0 amide bonds. The number of nitrogens with zero attached hydrogens (tertiary/aromatic N) is 1. The van der Waals surface area contributed by atoms with E-state index in [2.05, 4.69) is 0 Å². The van der Waals surface area contributed by atoms with Crippen LogP contribution in [0.2, 0.25) is 0 Å². The summed E-state index contributed by atoms with van der Waals surface area (Å²) in [7, 11) is 0. The van der Waals surface area contributed by atoms with Crippen molar-refractivity contribution in [1.29, 1.82) is 0 Å². The molecule has 0 spiro atoms. The lowest BCUT2D eigenvalue weighted by molar-refractivity contribution is 0.159. The minimum Gasteiger partial charge on any atom is -0.469 e. The molecule has 4 heteroatoms. The van der Waals surface area contributed by atoms with Crippen LogP contribution in [0.25, 0.3) is 0 Å². The molecule has 0 radical (unpaired) electrons. The van der Waals surface area contributed by atoms with Crippen molar-refractivity contribution in [2.45, 2.75) is 12.8 Å². The predicted molar refractivity (Wildman–Crippen MR) is 57.6 cm³/mol. The fourth-order valence-electron chi connectivity index (χ4n) is 1.55. The lowest BCUT2D eigenvalue weighted by atomic mass is 10.2. The van der Waals surface area contributed by atoms with Crippen LogP contribution in [-0.4, -0.2) is 48.0 Å². The van der Waals surface area contributed by atoms with E-state index in [9.17, 15) is 0 Å². The van der Waals surface area contributed by atoms with Crippen molar-refractivity contribution < 1.29 is 14.6 Å². The van der Waals surface area contributed by atoms with Crippen molar-refractivity contribution in [2.24, 2.45) is 0 Å². The van der Waals surface area contributed by atoms with Gasteiger partial charge in [-0.15, -0.1) is 0 Å². The summed E-state index contributed by atoms with van der Waals surface area (Å²) in [5.41, 5.74) is 0. The van der Waals surface area contributed by atoms with Gasteiger partial charge in [0.15, 0.2) is 0 Å². The van der Waals surface area contributed by atoms with E-state index >= 15 is 0 Å². The molecule has 0 aliphatic rings. The van der Waals surface area contributed by atoms with Gasteiger partial charge in [-0.1, -0.05) is 0 Å². The first-order chi connectivity index (χ1) is 7.36. The third-order valence-electron chi connectivity index (χ3n) is 2.31. The second-order valence-corrected chi connectivity index (χ2v) is 3.47. The Kier molecular flexibility index (Phi) is 6.08. The van der Waals surface area contributed by atoms with Crippen molar-refractivity contribution in [1.82, 2.24) is 4.90 Å². The van der Waals surface area contributed by atoms with Crippen molar-refractivity contribution in [3.8, 4) is 0 Å². The molecule has 0 atom stereocenters. The molecule has 1 rings (SSSR count). The highest BCUT2D eigenvalue weighted by Crippen LogP contribution is 2.04. The fourth-order valence-corrected chi connectivity index (χ4v) is 1.55. The minimum absolute atomic E-state index is 0.140. The molecular weight excluding hydrogens is 194 g/mol. The number of aliphatic hydroxyl groups is 2. The molecular formula is C11H19NO3. The van der Waals surface area contributed by atoms with Gasteiger partial charge in [0.25, 0.3) is 0 Å². The van der Waals surface area contributed by atoms with Gasteiger partial charge in [-0.25, -0.2) is 0 Å². The molecule has 0 aliphatic heterocycles. The van der Waals surface area contributed by atoms with E-state index in [0.717, 1.165) is 25.1 Å². The van der Waals surface area contributed by atoms with Gasteiger partial charge in [0.1, 0.15) is 5.76 Å². The van der Waals surface area contributed by atoms with Gasteiger partial charge < -0.3 is 14.6 Å². The number of aliphatic hydroxyl groups excluding tert-OH is 2. The Balaban J connectivity index is 2.15. The van der Waals surface area contributed by atoms with Crippen LogP contribution in [0.15, 0.2) is 22.8 Å². The van der Waals surface area contributed by atoms with Crippen LogP contribution in [0.1, 0.15) is 12.2 Å². The number of aryl methyl sites for hydroxylation is 1. The maximum Gasteiger partial charge on any atom is 0.103 e. The predicted octanol–water partition coefficient (Wildman–Crippen LogP) is 0.499. The first-order valence-electron chi connectivity index (χ1n) is 5.33. The standard InChI is InChI=1S/C11H19NO3/c13-8-6-12(7-9-14)5-1-3-11-4-2-10-15-11/h2,4,10,13-14H,1,3,5-9H2. The summed E-state index contributed by atoms with van der Waals surface area (Å²) in [5.74, 6) is 0.989. The topological polar surface area (TPSA) is 56.8 Å². The van der Waals surface area contributed by atoms with Crippen molar-refractivity contribution in [3.05, 3.63) is 24.2 Å². The molecule has 0 bridgehead atoms. The molecule has 2 N–H and O–H groups in total. The Morgan fingerprint density at radius 3 is 2.40 bits per heavy atom. The molecule has 0 aliphatic carbocycles. The molecule has 1 aromatic heterocycles. The fraction of sp³-hybridized carbons (Fsp3) is 0.636. The molecule has 4 nitrogen and oxygen atoms in total. The van der Waals surface area contributed by atoms with Crippen molar-refractivity contribution in [3.63, 3.8) is 0 Å². The van der Waals surface area contributed by atoms with Crippen LogP contribution in [-0.2, 0) is 6.42 Å². The van der Waals surface area contributed by atoms with Gasteiger partial charge in [0, 0.05) is 19.5 Å². The van der Waals surface area contributed by atoms with Gasteiger partial charge in [-0.05, 0) is 25.1 Å². The second-order valence-electron chi connectivity index (χ2n) is 3.47. The van der Waals surface area contributed by atoms with E-state index in [0.29, 0.717) is 13.1 Å². The third kappa shape index (κ3) is 4.97. The molecule has 0 fully saturated rings. The van der Waals surface area contributed by atoms with Gasteiger partial charge in [-0.2, -0.15) is 0 Å². The normalized spacial score (nSPS) is 11.1. The quantitative estimate of drug-likeness (QED) is 0.660. The summed E-state index contributed by atoms with van der Waals surface area (Å²) < 4.78 is 5.22. The maximum absolute atomic E-state index is 8.80. The average molecular weight is 213 g/mol. The summed E-state index contributed by atoms with van der Waals surface area (Å²) in [6.07, 6.45) is 3.56. The second kappa shape index (κ2) is 7.45. The number of hydrogen-bond acceptors (Lipinski definition) is 4. The molecule has 0 saturated carbocycles. The van der Waals surface area contributed by atoms with Crippen LogP contribution in [0.5, 0.6) is 0 Å². The highest BCUT2D eigenvalue weighted by molar-refractivity contribution is 4.97. The summed E-state index contributed by atoms with van der Waals surface area (Å²) in [4.78, 5) is 2.04. The zero-order valence-corrected chi connectivity index (χ0v) is 8.93. The van der Waals surface area contributed by atoms with Crippen LogP contribution in [0, 0.1) is 0 Å². The van der Waals surface area contributed by atoms with Crippen LogP contribution >= 0.6 is 0 Å². The summed E-state index contributed by atoms with van der Waals surface area (Å²) in [5, 5.41) is 17.6. The van der Waals surface area contributed by atoms with E-state index in [1.807, 2.05) is 17.0 Å². The third-order valence-corrected chi connectivity index (χ3v) is 2.31. The Hall–Kier alpha value is -0.840. The zero-order chi connectivity index (χ0) is 10.9. The Morgan fingerprint density at radius 2 is 1.87 bits per heavy atom. The van der Waals surface area contributed by atoms with Gasteiger partial charge in [0.2, 0.25) is 0 Å². The average Bonchev–Trinajstić information content (AvgIpc) is 2.71. The Morgan fingerprint density at radius 1 is 1.13 bits per heavy atom. The molecule has 0 unspecified atom stereocenters. The van der Waals surface area contributed by atoms with E-state index < -0.39 is 0 Å². The molecule has 15 heavy (non-hydrogen) atoms. The van der Waals surface area contributed by atoms with Crippen LogP contribution in [0.3, 0.4) is 0 Å². The van der Waals surface area contributed by atoms with Gasteiger partial charge in [0.05, 0.1) is 19.5 Å². The first kappa shape index (κ1) is 12.2. The monoisotopic (exact) mass is 213 g/mol. The summed E-state index contributed by atoms with van der Waals surface area (Å²) in [6.45, 7) is 2.40. The Labute approximate surface area is 90.1 Å². The van der Waals surface area contributed by atoms with E-state index in [1.165, 1.54) is 0 Å². The minimum atomic E-state index is 0.140. The highest BCUT2D eigenvalue weighted by atomic mass is 16.3. The maximum atomic E-state index is 8.80. The zero-order valence-electron chi connectivity index (χ0n) is 8.93. The van der Waals surface area contributed by atoms with Gasteiger partial charge in [-0.3, -0.25) is 4.90 Å². The molecule has 86 valence electrons. The van der Waals surface area contributed by atoms with E-state index in [4.69, 9.17) is 14.6 Å². The van der Waals surface area contributed by atoms with Crippen LogP contribution < -0.4 is 0 Å². The number of furan rings is 1. The van der Waals surface area contributed by atoms with Crippen LogP contribution in [0.4, 0.5) is 0 Å². The van der Waals surface area contributed by atoms with Gasteiger partial charge >= 0.3 is 0 Å². The smallest absolute Gasteiger partial charge is 0.103 e. The SMILES string of the molecule is OCCN(CCO)CCCc1ccco1. The largest absolute Gasteiger partial charge is 0.469 e. The highest BCUT2D eigenvalue weighted by Gasteiger charge is 2.03.